The summed E-state index contributed by atoms with van der Waals surface area (Å²) in [5.41, 5.74) is 6.84. The number of nitrogens with one attached hydrogen (secondary N) is 1. The lowest BCUT2D eigenvalue weighted by atomic mass is 10.0. The van der Waals surface area contributed by atoms with Crippen molar-refractivity contribution in [2.45, 2.75) is 24.9 Å². The van der Waals surface area contributed by atoms with E-state index in [1.165, 1.54) is 0 Å². The van der Waals surface area contributed by atoms with E-state index < -0.39 is 9.84 Å². The Bertz CT molecular complexity index is 548. The Labute approximate surface area is 125 Å². The van der Waals surface area contributed by atoms with Crippen molar-refractivity contribution in [3.05, 3.63) is 35.9 Å². The Balaban J connectivity index is 0.00000200. The van der Waals surface area contributed by atoms with Crippen LogP contribution in [0, 0.1) is 0 Å². The molecule has 1 aromatic carbocycles. The third kappa shape index (κ3) is 4.77. The third-order valence-electron chi connectivity index (χ3n) is 3.23. The number of amides is 1. The number of rotatable bonds is 4. The predicted octanol–water partition coefficient (Wildman–Crippen LogP) is 0.802. The molecule has 2 rings (SSSR count). The first kappa shape index (κ1) is 16.9. The molecular weight excluding hydrogens is 300 g/mol. The maximum atomic E-state index is 11.8. The normalized spacial score (nSPS) is 21.8. The van der Waals surface area contributed by atoms with E-state index in [2.05, 4.69) is 5.32 Å². The predicted molar refractivity (Wildman–Crippen MR) is 80.4 cm³/mol. The van der Waals surface area contributed by atoms with E-state index in [0.717, 1.165) is 5.56 Å². The number of carbonyl (C=O) groups excluding carboxylic acids is 1. The van der Waals surface area contributed by atoms with E-state index in [1.807, 2.05) is 30.3 Å². The minimum absolute atomic E-state index is 0. The van der Waals surface area contributed by atoms with Crippen LogP contribution in [0.2, 0.25) is 0 Å². The Morgan fingerprint density at radius 3 is 2.55 bits per heavy atom. The van der Waals surface area contributed by atoms with Gasteiger partial charge >= 0.3 is 0 Å². The van der Waals surface area contributed by atoms with Crippen LogP contribution in [0.3, 0.4) is 0 Å². The highest BCUT2D eigenvalue weighted by atomic mass is 35.5. The standard InChI is InChI=1S/C13H18N2O3S.ClH/c14-12(10-4-2-1-3-5-10)8-13(16)15-11-6-7-19(17,18)9-11;/h1-5,11-12H,6-9,14H2,(H,15,16);1H. The minimum atomic E-state index is -2.97. The van der Waals surface area contributed by atoms with Crippen molar-refractivity contribution in [3.63, 3.8) is 0 Å². The van der Waals surface area contributed by atoms with E-state index >= 15 is 0 Å². The van der Waals surface area contributed by atoms with Gasteiger partial charge in [-0.15, -0.1) is 12.4 Å². The summed E-state index contributed by atoms with van der Waals surface area (Å²) in [7, 11) is -2.97. The van der Waals surface area contributed by atoms with Crippen molar-refractivity contribution >= 4 is 28.2 Å². The zero-order chi connectivity index (χ0) is 13.9. The molecule has 1 amide bonds. The first-order chi connectivity index (χ1) is 8.96. The van der Waals surface area contributed by atoms with Gasteiger partial charge in [0, 0.05) is 18.5 Å². The van der Waals surface area contributed by atoms with Gasteiger partial charge in [-0.25, -0.2) is 8.42 Å². The molecule has 2 unspecified atom stereocenters. The Morgan fingerprint density at radius 2 is 2.00 bits per heavy atom. The van der Waals surface area contributed by atoms with E-state index in [0.29, 0.717) is 6.42 Å². The van der Waals surface area contributed by atoms with Crippen LogP contribution in [0.5, 0.6) is 0 Å². The Kier molecular flexibility index (Phi) is 5.98. The van der Waals surface area contributed by atoms with Crippen LogP contribution < -0.4 is 11.1 Å². The van der Waals surface area contributed by atoms with Gasteiger partial charge in [0.1, 0.15) is 0 Å². The van der Waals surface area contributed by atoms with E-state index in [4.69, 9.17) is 5.73 Å². The third-order valence-corrected chi connectivity index (χ3v) is 5.00. The summed E-state index contributed by atoms with van der Waals surface area (Å²) >= 11 is 0. The molecule has 112 valence electrons. The average molecular weight is 319 g/mol. The second kappa shape index (κ2) is 7.06. The van der Waals surface area contributed by atoms with Crippen molar-refractivity contribution in [1.29, 1.82) is 0 Å². The zero-order valence-electron chi connectivity index (χ0n) is 11.0. The Morgan fingerprint density at radius 1 is 1.35 bits per heavy atom. The summed E-state index contributed by atoms with van der Waals surface area (Å²) in [5.74, 6) is 0.000552. The van der Waals surface area contributed by atoms with Gasteiger partial charge in [-0.05, 0) is 12.0 Å². The number of halogens is 1. The van der Waals surface area contributed by atoms with Crippen LogP contribution in [0.25, 0.3) is 0 Å². The maximum Gasteiger partial charge on any atom is 0.222 e. The van der Waals surface area contributed by atoms with Crippen LogP contribution in [0.15, 0.2) is 30.3 Å². The molecule has 1 aliphatic rings. The van der Waals surface area contributed by atoms with Crippen LogP contribution in [0.1, 0.15) is 24.4 Å². The van der Waals surface area contributed by atoms with E-state index in [-0.39, 0.29) is 48.3 Å². The monoisotopic (exact) mass is 318 g/mol. The minimum Gasteiger partial charge on any atom is -0.352 e. The molecule has 1 fully saturated rings. The molecule has 1 heterocycles. The van der Waals surface area contributed by atoms with Gasteiger partial charge in [0.2, 0.25) is 5.91 Å². The lowest BCUT2D eigenvalue weighted by Crippen LogP contribution is -2.37. The van der Waals surface area contributed by atoms with Crippen LogP contribution in [0.4, 0.5) is 0 Å². The molecule has 1 saturated heterocycles. The molecule has 2 atom stereocenters. The number of benzene rings is 1. The van der Waals surface area contributed by atoms with Crippen molar-refractivity contribution in [1.82, 2.24) is 5.32 Å². The maximum absolute atomic E-state index is 11.8. The summed E-state index contributed by atoms with van der Waals surface area (Å²) in [6.45, 7) is 0. The molecule has 0 bridgehead atoms. The van der Waals surface area contributed by atoms with Gasteiger partial charge in [0.25, 0.3) is 0 Å². The van der Waals surface area contributed by atoms with E-state index in [9.17, 15) is 13.2 Å². The molecule has 0 radical (unpaired) electrons. The number of hydrogen-bond donors (Lipinski definition) is 2. The highest BCUT2D eigenvalue weighted by molar-refractivity contribution is 7.91. The fraction of sp³-hybridized carbons (Fsp3) is 0.462. The topological polar surface area (TPSA) is 89.3 Å². The highest BCUT2D eigenvalue weighted by Gasteiger charge is 2.29. The quantitative estimate of drug-likeness (QED) is 0.859. The molecule has 1 aromatic rings. The molecular formula is C13H19ClN2O3S. The van der Waals surface area contributed by atoms with Gasteiger partial charge in [-0.1, -0.05) is 30.3 Å². The van der Waals surface area contributed by atoms with Crippen LogP contribution in [-0.2, 0) is 14.6 Å². The van der Waals surface area contributed by atoms with Crippen LogP contribution >= 0.6 is 12.4 Å². The zero-order valence-corrected chi connectivity index (χ0v) is 12.6. The molecule has 0 aromatic heterocycles. The molecule has 0 saturated carbocycles. The number of carbonyl (C=O) groups is 1. The largest absolute Gasteiger partial charge is 0.352 e. The SMILES string of the molecule is Cl.NC(CC(=O)NC1CCS(=O)(=O)C1)c1ccccc1. The fourth-order valence-corrected chi connectivity index (χ4v) is 3.89. The molecule has 7 heteroatoms. The summed E-state index contributed by atoms with van der Waals surface area (Å²) < 4.78 is 22.6. The number of hydrogen-bond acceptors (Lipinski definition) is 4. The van der Waals surface area contributed by atoms with Crippen molar-refractivity contribution < 1.29 is 13.2 Å². The van der Waals surface area contributed by atoms with Crippen molar-refractivity contribution in [2.75, 3.05) is 11.5 Å². The smallest absolute Gasteiger partial charge is 0.222 e. The van der Waals surface area contributed by atoms with Crippen molar-refractivity contribution in [2.24, 2.45) is 5.73 Å². The summed E-state index contributed by atoms with van der Waals surface area (Å²) in [6.07, 6.45) is 0.662. The van der Waals surface area contributed by atoms with Crippen molar-refractivity contribution in [3.8, 4) is 0 Å². The summed E-state index contributed by atoms with van der Waals surface area (Å²) in [4.78, 5) is 11.8. The molecule has 5 nitrogen and oxygen atoms in total. The second-order valence-electron chi connectivity index (χ2n) is 4.89. The molecule has 1 aliphatic heterocycles. The second-order valence-corrected chi connectivity index (χ2v) is 7.12. The molecule has 0 aliphatic carbocycles. The Hall–Kier alpha value is -1.11. The van der Waals surface area contributed by atoms with Crippen LogP contribution in [-0.4, -0.2) is 31.9 Å². The fourth-order valence-electron chi connectivity index (χ4n) is 2.21. The van der Waals surface area contributed by atoms with Gasteiger partial charge in [-0.3, -0.25) is 4.79 Å². The van der Waals surface area contributed by atoms with Gasteiger partial charge in [0.05, 0.1) is 11.5 Å². The highest BCUT2D eigenvalue weighted by Crippen LogP contribution is 2.15. The average Bonchev–Trinajstić information content (AvgIpc) is 2.69. The summed E-state index contributed by atoms with van der Waals surface area (Å²) in [6, 6.07) is 8.75. The molecule has 3 N–H and O–H groups in total. The van der Waals surface area contributed by atoms with E-state index in [1.54, 1.807) is 0 Å². The summed E-state index contributed by atoms with van der Waals surface area (Å²) in [5, 5.41) is 2.74. The number of nitrogens with two attached hydrogens (primary N) is 1. The van der Waals surface area contributed by atoms with Gasteiger partial charge < -0.3 is 11.1 Å². The van der Waals surface area contributed by atoms with Gasteiger partial charge in [-0.2, -0.15) is 0 Å². The first-order valence-corrected chi connectivity index (χ1v) is 8.09. The number of sulfone groups is 1. The first-order valence-electron chi connectivity index (χ1n) is 6.26. The molecule has 0 spiro atoms. The lowest BCUT2D eigenvalue weighted by Gasteiger charge is -2.14. The van der Waals surface area contributed by atoms with Gasteiger partial charge in [0.15, 0.2) is 9.84 Å². The molecule has 20 heavy (non-hydrogen) atoms. The lowest BCUT2D eigenvalue weighted by molar-refractivity contribution is -0.122.